The zero-order valence-electron chi connectivity index (χ0n) is 15.7. The molecule has 140 valence electrons. The fourth-order valence-electron chi connectivity index (χ4n) is 3.98. The lowest BCUT2D eigenvalue weighted by molar-refractivity contribution is -0.137. The molecule has 1 N–H and O–H groups in total. The molecule has 0 saturated carbocycles. The summed E-state index contributed by atoms with van der Waals surface area (Å²) >= 11 is 0. The van der Waals surface area contributed by atoms with Gasteiger partial charge in [-0.25, -0.2) is 0 Å². The third kappa shape index (κ3) is 3.19. The van der Waals surface area contributed by atoms with Crippen LogP contribution < -0.4 is 4.74 Å². The zero-order valence-corrected chi connectivity index (χ0v) is 15.7. The van der Waals surface area contributed by atoms with Crippen LogP contribution in [0, 0.1) is 0 Å². The molecule has 0 saturated heterocycles. The minimum atomic E-state index is -0.153. The lowest BCUT2D eigenvalue weighted by atomic mass is 9.92. The van der Waals surface area contributed by atoms with Gasteiger partial charge in [0.25, 0.3) is 0 Å². The third-order valence-electron chi connectivity index (χ3n) is 5.13. The monoisotopic (exact) mass is 364 g/mol. The van der Waals surface area contributed by atoms with Crippen LogP contribution in [0.5, 0.6) is 5.75 Å². The molecule has 0 unspecified atom stereocenters. The lowest BCUT2D eigenvalue weighted by Crippen LogP contribution is -2.42. The maximum atomic E-state index is 12.7. The summed E-state index contributed by atoms with van der Waals surface area (Å²) in [5.41, 5.74) is 4.57. The number of hydrogen-bond donors (Lipinski definition) is 1. The predicted molar refractivity (Wildman–Crippen MR) is 105 cm³/mol. The van der Waals surface area contributed by atoms with Crippen LogP contribution in [-0.2, 0) is 16.0 Å². The normalized spacial score (nSPS) is 16.4. The third-order valence-corrected chi connectivity index (χ3v) is 5.13. The highest BCUT2D eigenvalue weighted by Gasteiger charge is 2.34. The second-order valence-electron chi connectivity index (χ2n) is 6.74. The molecular weight excluding hydrogens is 340 g/mol. The van der Waals surface area contributed by atoms with Crippen LogP contribution in [0.4, 0.5) is 0 Å². The SMILES string of the molecule is CCOc1ccc([C@H]2c3[nH]c4ccccc4c3CCN2C(=O)COC)cc1. The molecule has 1 aromatic heterocycles. The molecule has 0 fully saturated rings. The summed E-state index contributed by atoms with van der Waals surface area (Å²) in [5, 5.41) is 1.24. The Kier molecular flexibility index (Phi) is 4.86. The number of benzene rings is 2. The first-order chi connectivity index (χ1) is 13.2. The van der Waals surface area contributed by atoms with Gasteiger partial charge in [0, 0.05) is 30.3 Å². The first kappa shape index (κ1) is 17.6. The van der Waals surface area contributed by atoms with Crippen molar-refractivity contribution < 1.29 is 14.3 Å². The van der Waals surface area contributed by atoms with E-state index in [1.165, 1.54) is 10.9 Å². The number of nitrogens with zero attached hydrogens (tertiary/aromatic N) is 1. The largest absolute Gasteiger partial charge is 0.494 e. The van der Waals surface area contributed by atoms with Gasteiger partial charge >= 0.3 is 0 Å². The minimum Gasteiger partial charge on any atom is -0.494 e. The Balaban J connectivity index is 1.81. The van der Waals surface area contributed by atoms with Crippen molar-refractivity contribution in [1.82, 2.24) is 9.88 Å². The molecule has 1 aliphatic rings. The number of carbonyl (C=O) groups excluding carboxylic acids is 1. The first-order valence-corrected chi connectivity index (χ1v) is 9.33. The van der Waals surface area contributed by atoms with Gasteiger partial charge < -0.3 is 19.4 Å². The maximum Gasteiger partial charge on any atom is 0.249 e. The van der Waals surface area contributed by atoms with Gasteiger partial charge in [0.05, 0.1) is 12.6 Å². The Bertz CT molecular complexity index is 946. The molecule has 1 atom stereocenters. The van der Waals surface area contributed by atoms with Gasteiger partial charge in [0.1, 0.15) is 12.4 Å². The number of aromatic amines is 1. The summed E-state index contributed by atoms with van der Waals surface area (Å²) in [4.78, 5) is 18.2. The number of H-pyrrole nitrogens is 1. The summed E-state index contributed by atoms with van der Waals surface area (Å²) in [6.07, 6.45) is 0.836. The summed E-state index contributed by atoms with van der Waals surface area (Å²) in [6, 6.07) is 16.2. The van der Waals surface area contributed by atoms with Crippen molar-refractivity contribution in [2.24, 2.45) is 0 Å². The van der Waals surface area contributed by atoms with Crippen LogP contribution in [0.2, 0.25) is 0 Å². The Morgan fingerprint density at radius 3 is 2.70 bits per heavy atom. The number of rotatable bonds is 5. The molecule has 2 aromatic carbocycles. The zero-order chi connectivity index (χ0) is 18.8. The van der Waals surface area contributed by atoms with Gasteiger partial charge in [0.2, 0.25) is 5.91 Å². The van der Waals surface area contributed by atoms with Crippen molar-refractivity contribution in [2.75, 3.05) is 26.9 Å². The van der Waals surface area contributed by atoms with E-state index in [9.17, 15) is 4.79 Å². The molecule has 5 heteroatoms. The molecule has 0 aliphatic carbocycles. The second kappa shape index (κ2) is 7.45. The van der Waals surface area contributed by atoms with Crippen LogP contribution >= 0.6 is 0 Å². The second-order valence-corrected chi connectivity index (χ2v) is 6.74. The van der Waals surface area contributed by atoms with E-state index >= 15 is 0 Å². The number of hydrogen-bond acceptors (Lipinski definition) is 3. The quantitative estimate of drug-likeness (QED) is 0.751. The van der Waals surface area contributed by atoms with Crippen LogP contribution in [0.15, 0.2) is 48.5 Å². The van der Waals surface area contributed by atoms with E-state index < -0.39 is 0 Å². The van der Waals surface area contributed by atoms with Gasteiger partial charge in [-0.05, 0) is 42.7 Å². The van der Waals surface area contributed by atoms with Crippen molar-refractivity contribution in [3.63, 3.8) is 0 Å². The molecular formula is C22H24N2O3. The Morgan fingerprint density at radius 1 is 1.19 bits per heavy atom. The predicted octanol–water partition coefficient (Wildman–Crippen LogP) is 3.69. The fraction of sp³-hybridized carbons (Fsp3) is 0.318. The first-order valence-electron chi connectivity index (χ1n) is 9.33. The maximum absolute atomic E-state index is 12.7. The molecule has 4 rings (SSSR count). The van der Waals surface area contributed by atoms with E-state index in [0.29, 0.717) is 13.2 Å². The van der Waals surface area contributed by atoms with Crippen molar-refractivity contribution in [3.8, 4) is 5.75 Å². The molecule has 5 nitrogen and oxygen atoms in total. The Labute approximate surface area is 158 Å². The Hall–Kier alpha value is -2.79. The van der Waals surface area contributed by atoms with Crippen LogP contribution in [-0.4, -0.2) is 42.7 Å². The number of para-hydroxylation sites is 1. The van der Waals surface area contributed by atoms with E-state index in [2.05, 4.69) is 23.2 Å². The number of fused-ring (bicyclic) bond motifs is 3. The van der Waals surface area contributed by atoms with E-state index in [-0.39, 0.29) is 18.6 Å². The highest BCUT2D eigenvalue weighted by Crippen LogP contribution is 2.38. The molecule has 1 aliphatic heterocycles. The summed E-state index contributed by atoms with van der Waals surface area (Å²) in [5.74, 6) is 0.837. The number of amides is 1. The van der Waals surface area contributed by atoms with Gasteiger partial charge in [-0.3, -0.25) is 4.79 Å². The molecule has 1 amide bonds. The topological polar surface area (TPSA) is 54.6 Å². The van der Waals surface area contributed by atoms with E-state index in [4.69, 9.17) is 9.47 Å². The average Bonchev–Trinajstić information content (AvgIpc) is 3.07. The van der Waals surface area contributed by atoms with Crippen molar-refractivity contribution >= 4 is 16.8 Å². The number of aromatic nitrogens is 1. The van der Waals surface area contributed by atoms with Gasteiger partial charge in [-0.15, -0.1) is 0 Å². The summed E-state index contributed by atoms with van der Waals surface area (Å²) in [7, 11) is 1.56. The highest BCUT2D eigenvalue weighted by atomic mass is 16.5. The van der Waals surface area contributed by atoms with Crippen molar-refractivity contribution in [2.45, 2.75) is 19.4 Å². The average molecular weight is 364 g/mol. The molecule has 2 heterocycles. The number of methoxy groups -OCH3 is 1. The van der Waals surface area contributed by atoms with E-state index in [1.807, 2.05) is 42.2 Å². The number of carbonyl (C=O) groups is 1. The summed E-state index contributed by atoms with van der Waals surface area (Å²) < 4.78 is 10.7. The van der Waals surface area contributed by atoms with E-state index in [1.54, 1.807) is 7.11 Å². The lowest BCUT2D eigenvalue weighted by Gasteiger charge is -2.36. The van der Waals surface area contributed by atoms with Gasteiger partial charge in [-0.1, -0.05) is 30.3 Å². The number of ether oxygens (including phenoxy) is 2. The number of nitrogens with one attached hydrogen (secondary N) is 1. The van der Waals surface area contributed by atoms with Crippen molar-refractivity contribution in [1.29, 1.82) is 0 Å². The molecule has 27 heavy (non-hydrogen) atoms. The van der Waals surface area contributed by atoms with Gasteiger partial charge in [0.15, 0.2) is 0 Å². The van der Waals surface area contributed by atoms with Crippen LogP contribution in [0.25, 0.3) is 10.9 Å². The molecule has 3 aromatic rings. The van der Waals surface area contributed by atoms with E-state index in [0.717, 1.165) is 28.9 Å². The molecule has 0 radical (unpaired) electrons. The van der Waals surface area contributed by atoms with Crippen molar-refractivity contribution in [3.05, 3.63) is 65.4 Å². The minimum absolute atomic E-state index is 0.000640. The fourth-order valence-corrected chi connectivity index (χ4v) is 3.98. The smallest absolute Gasteiger partial charge is 0.249 e. The molecule has 0 spiro atoms. The summed E-state index contributed by atoms with van der Waals surface area (Å²) in [6.45, 7) is 3.36. The van der Waals surface area contributed by atoms with Crippen LogP contribution in [0.3, 0.4) is 0 Å². The highest BCUT2D eigenvalue weighted by molar-refractivity contribution is 5.86. The Morgan fingerprint density at radius 2 is 1.96 bits per heavy atom. The van der Waals surface area contributed by atoms with Crippen LogP contribution in [0.1, 0.15) is 29.8 Å². The molecule has 0 bridgehead atoms. The standard InChI is InChI=1S/C22H24N2O3/c1-3-27-16-10-8-15(9-11-16)22-21-18(12-13-24(22)20(25)14-26-2)17-6-4-5-7-19(17)23-21/h4-11,22-23H,3,12-14H2,1-2H3/t22-/m0/s1. The van der Waals surface area contributed by atoms with Gasteiger partial charge in [-0.2, -0.15) is 0 Å².